The summed E-state index contributed by atoms with van der Waals surface area (Å²) in [5.74, 6) is 0. The van der Waals surface area contributed by atoms with Crippen LogP contribution >= 0.6 is 0 Å². The van der Waals surface area contributed by atoms with Gasteiger partial charge in [0.2, 0.25) is 0 Å². The van der Waals surface area contributed by atoms with Crippen LogP contribution in [0, 0.1) is 0 Å². The summed E-state index contributed by atoms with van der Waals surface area (Å²) in [7, 11) is 1.80. The fourth-order valence-electron chi connectivity index (χ4n) is 2.41. The average Bonchev–Trinajstić information content (AvgIpc) is 2.77. The summed E-state index contributed by atoms with van der Waals surface area (Å²) >= 11 is 0. The average molecular weight is 245 g/mol. The lowest BCUT2D eigenvalue weighted by atomic mass is 10.2. The van der Waals surface area contributed by atoms with Gasteiger partial charge < -0.3 is 19.5 Å². The van der Waals surface area contributed by atoms with Crippen LogP contribution in [0.5, 0.6) is 0 Å². The smallest absolute Gasteiger partial charge is 0.158 e. The van der Waals surface area contributed by atoms with Crippen LogP contribution in [-0.4, -0.2) is 45.3 Å². The van der Waals surface area contributed by atoms with Gasteiger partial charge in [0, 0.05) is 39.3 Å². The molecule has 1 aliphatic rings. The van der Waals surface area contributed by atoms with Gasteiger partial charge in [-0.1, -0.05) is 0 Å². The van der Waals surface area contributed by atoms with Gasteiger partial charge in [-0.25, -0.2) is 0 Å². The summed E-state index contributed by atoms with van der Waals surface area (Å²) in [5.41, 5.74) is 0. The predicted molar refractivity (Wildman–Crippen MR) is 68.1 cm³/mol. The molecule has 1 rings (SSSR count). The fourth-order valence-corrected chi connectivity index (χ4v) is 2.41. The first-order chi connectivity index (χ1) is 8.31. The van der Waals surface area contributed by atoms with Crippen molar-refractivity contribution >= 4 is 0 Å². The normalized spacial score (nSPS) is 24.7. The highest BCUT2D eigenvalue weighted by atomic mass is 16.7. The lowest BCUT2D eigenvalue weighted by Crippen LogP contribution is -2.38. The monoisotopic (exact) mass is 245 g/mol. The van der Waals surface area contributed by atoms with Crippen LogP contribution in [0.25, 0.3) is 0 Å². The molecule has 0 bridgehead atoms. The van der Waals surface area contributed by atoms with Gasteiger partial charge in [0.1, 0.15) is 0 Å². The van der Waals surface area contributed by atoms with Crippen molar-refractivity contribution in [3.63, 3.8) is 0 Å². The molecule has 0 aliphatic heterocycles. The fraction of sp³-hybridized carbons (Fsp3) is 1.00. The van der Waals surface area contributed by atoms with E-state index in [1.165, 1.54) is 19.3 Å². The third kappa shape index (κ3) is 5.34. The van der Waals surface area contributed by atoms with Crippen molar-refractivity contribution in [3.05, 3.63) is 0 Å². The van der Waals surface area contributed by atoms with E-state index in [-0.39, 0.29) is 6.29 Å². The summed E-state index contributed by atoms with van der Waals surface area (Å²) in [5, 5.41) is 3.54. The van der Waals surface area contributed by atoms with Gasteiger partial charge in [0.25, 0.3) is 0 Å². The zero-order valence-corrected chi connectivity index (χ0v) is 11.4. The quantitative estimate of drug-likeness (QED) is 0.630. The summed E-state index contributed by atoms with van der Waals surface area (Å²) in [6.07, 6.45) is 4.86. The zero-order valence-electron chi connectivity index (χ0n) is 11.4. The standard InChI is InChI=1S/C13H27NO3/c1-4-16-13(17-5-2)9-10-14-11-7-6-8-12(11)15-3/h11-14H,4-10H2,1-3H3. The van der Waals surface area contributed by atoms with Gasteiger partial charge in [-0.15, -0.1) is 0 Å². The Morgan fingerprint density at radius 3 is 2.47 bits per heavy atom. The highest BCUT2D eigenvalue weighted by molar-refractivity contribution is 4.83. The minimum atomic E-state index is -0.0695. The predicted octanol–water partition coefficient (Wildman–Crippen LogP) is 1.93. The number of methoxy groups -OCH3 is 1. The second-order valence-electron chi connectivity index (χ2n) is 4.39. The molecule has 0 aromatic rings. The van der Waals surface area contributed by atoms with E-state index in [9.17, 15) is 0 Å². The van der Waals surface area contributed by atoms with Gasteiger partial charge in [0.05, 0.1) is 6.10 Å². The lowest BCUT2D eigenvalue weighted by Gasteiger charge is -2.22. The molecule has 0 amide bonds. The van der Waals surface area contributed by atoms with Gasteiger partial charge in [-0.2, -0.15) is 0 Å². The Kier molecular flexibility index (Phi) is 7.77. The van der Waals surface area contributed by atoms with Gasteiger partial charge >= 0.3 is 0 Å². The molecule has 1 N–H and O–H groups in total. The molecule has 4 heteroatoms. The SMILES string of the molecule is CCOC(CCNC1CCCC1OC)OCC. The van der Waals surface area contributed by atoms with Crippen LogP contribution in [0.2, 0.25) is 0 Å². The summed E-state index contributed by atoms with van der Waals surface area (Å²) in [6.45, 7) is 6.33. The van der Waals surface area contributed by atoms with Crippen LogP contribution in [-0.2, 0) is 14.2 Å². The molecule has 0 aromatic carbocycles. The molecular formula is C13H27NO3. The molecule has 0 radical (unpaired) electrons. The molecule has 1 saturated carbocycles. The van der Waals surface area contributed by atoms with Crippen molar-refractivity contribution < 1.29 is 14.2 Å². The second-order valence-corrected chi connectivity index (χ2v) is 4.39. The van der Waals surface area contributed by atoms with Crippen molar-refractivity contribution in [1.29, 1.82) is 0 Å². The maximum absolute atomic E-state index is 5.51. The molecule has 0 spiro atoms. The zero-order chi connectivity index (χ0) is 12.5. The number of ether oxygens (including phenoxy) is 3. The lowest BCUT2D eigenvalue weighted by molar-refractivity contribution is -0.139. The molecule has 1 fully saturated rings. The summed E-state index contributed by atoms with van der Waals surface area (Å²) < 4.78 is 16.5. The molecule has 17 heavy (non-hydrogen) atoms. The Labute approximate surface area is 105 Å². The molecule has 0 aromatic heterocycles. The molecule has 4 nitrogen and oxygen atoms in total. The van der Waals surface area contributed by atoms with Gasteiger partial charge in [-0.3, -0.25) is 0 Å². The van der Waals surface area contributed by atoms with E-state index in [0.717, 1.165) is 13.0 Å². The molecule has 102 valence electrons. The minimum absolute atomic E-state index is 0.0695. The molecule has 1 aliphatic carbocycles. The summed E-state index contributed by atoms with van der Waals surface area (Å²) in [4.78, 5) is 0. The van der Waals surface area contributed by atoms with Gasteiger partial charge in [-0.05, 0) is 33.1 Å². The van der Waals surface area contributed by atoms with Crippen LogP contribution in [0.3, 0.4) is 0 Å². The van der Waals surface area contributed by atoms with E-state index in [0.29, 0.717) is 25.4 Å². The highest BCUT2D eigenvalue weighted by Gasteiger charge is 2.26. The van der Waals surface area contributed by atoms with Crippen molar-refractivity contribution in [2.75, 3.05) is 26.9 Å². The van der Waals surface area contributed by atoms with E-state index in [1.807, 2.05) is 13.8 Å². The van der Waals surface area contributed by atoms with Crippen molar-refractivity contribution in [1.82, 2.24) is 5.32 Å². The van der Waals surface area contributed by atoms with Crippen molar-refractivity contribution in [3.8, 4) is 0 Å². The van der Waals surface area contributed by atoms with Crippen LogP contribution in [0.15, 0.2) is 0 Å². The first kappa shape index (κ1) is 14.9. The number of hydrogen-bond donors (Lipinski definition) is 1. The van der Waals surface area contributed by atoms with E-state index < -0.39 is 0 Å². The molecule has 2 atom stereocenters. The van der Waals surface area contributed by atoms with Crippen LogP contribution in [0.1, 0.15) is 39.5 Å². The van der Waals surface area contributed by atoms with Crippen LogP contribution < -0.4 is 5.32 Å². The first-order valence-corrected chi connectivity index (χ1v) is 6.81. The Bertz CT molecular complexity index is 184. The third-order valence-electron chi connectivity index (χ3n) is 3.25. The van der Waals surface area contributed by atoms with E-state index in [2.05, 4.69) is 5.32 Å². The molecule has 0 saturated heterocycles. The van der Waals surface area contributed by atoms with E-state index in [4.69, 9.17) is 14.2 Å². The second kappa shape index (κ2) is 8.86. The maximum Gasteiger partial charge on any atom is 0.158 e. The van der Waals surface area contributed by atoms with Crippen molar-refractivity contribution in [2.45, 2.75) is 58.0 Å². The topological polar surface area (TPSA) is 39.7 Å². The number of rotatable bonds is 9. The van der Waals surface area contributed by atoms with Gasteiger partial charge in [0.15, 0.2) is 6.29 Å². The van der Waals surface area contributed by atoms with Crippen LogP contribution in [0.4, 0.5) is 0 Å². The number of nitrogens with one attached hydrogen (secondary N) is 1. The van der Waals surface area contributed by atoms with Crippen molar-refractivity contribution in [2.24, 2.45) is 0 Å². The Morgan fingerprint density at radius 1 is 1.18 bits per heavy atom. The minimum Gasteiger partial charge on any atom is -0.380 e. The Morgan fingerprint density at radius 2 is 1.88 bits per heavy atom. The maximum atomic E-state index is 5.51. The third-order valence-corrected chi connectivity index (χ3v) is 3.25. The highest BCUT2D eigenvalue weighted by Crippen LogP contribution is 2.21. The molecule has 0 heterocycles. The van der Waals surface area contributed by atoms with E-state index >= 15 is 0 Å². The molecular weight excluding hydrogens is 218 g/mol. The first-order valence-electron chi connectivity index (χ1n) is 6.81. The summed E-state index contributed by atoms with van der Waals surface area (Å²) in [6, 6.07) is 0.504. The Hall–Kier alpha value is -0.160. The number of hydrogen-bond acceptors (Lipinski definition) is 4. The van der Waals surface area contributed by atoms with E-state index in [1.54, 1.807) is 7.11 Å². The molecule has 2 unspecified atom stereocenters. The largest absolute Gasteiger partial charge is 0.380 e. The Balaban J connectivity index is 2.16.